The van der Waals surface area contributed by atoms with Crippen LogP contribution in [0.1, 0.15) is 11.3 Å². The zero-order chi connectivity index (χ0) is 11.0. The normalized spacial score (nSPS) is 14.8. The largest absolute Gasteiger partial charge is 0.375 e. The predicted octanol–water partition coefficient (Wildman–Crippen LogP) is 2.29. The zero-order valence-electron chi connectivity index (χ0n) is 8.66. The van der Waals surface area contributed by atoms with Gasteiger partial charge < -0.3 is 4.74 Å². The number of ether oxygens (including phenoxy) is 1. The lowest BCUT2D eigenvalue weighted by Gasteiger charge is -2.12. The van der Waals surface area contributed by atoms with E-state index < -0.39 is 0 Å². The fraction of sp³-hybridized carbons (Fsp3) is 0.250. The average Bonchev–Trinajstić information content (AvgIpc) is 2.74. The second kappa shape index (κ2) is 3.72. The number of rotatable bonds is 1. The molecule has 1 aliphatic heterocycles. The first-order valence-corrected chi connectivity index (χ1v) is 5.24. The summed E-state index contributed by atoms with van der Waals surface area (Å²) in [7, 11) is 0. The van der Waals surface area contributed by atoms with Gasteiger partial charge in [-0.05, 0) is 30.7 Å². The maximum absolute atomic E-state index is 12.8. The SMILES string of the molecule is Fc1ccc(-c2n[nH]c3c2CCOC3)cc1. The highest BCUT2D eigenvalue weighted by Crippen LogP contribution is 2.27. The van der Waals surface area contributed by atoms with Crippen LogP contribution in [0, 0.1) is 5.82 Å². The third-order valence-electron chi connectivity index (χ3n) is 2.81. The van der Waals surface area contributed by atoms with Gasteiger partial charge in [0, 0.05) is 11.1 Å². The molecule has 2 aromatic rings. The summed E-state index contributed by atoms with van der Waals surface area (Å²) in [6.45, 7) is 1.31. The highest BCUT2D eigenvalue weighted by molar-refractivity contribution is 5.64. The van der Waals surface area contributed by atoms with Crippen LogP contribution in [0.15, 0.2) is 24.3 Å². The highest BCUT2D eigenvalue weighted by Gasteiger charge is 2.17. The summed E-state index contributed by atoms with van der Waals surface area (Å²) < 4.78 is 18.2. The number of fused-ring (bicyclic) bond motifs is 1. The van der Waals surface area contributed by atoms with Gasteiger partial charge in [0.15, 0.2) is 0 Å². The first-order valence-electron chi connectivity index (χ1n) is 5.24. The quantitative estimate of drug-likeness (QED) is 0.797. The Bertz CT molecular complexity index is 504. The van der Waals surface area contributed by atoms with Crippen molar-refractivity contribution in [1.82, 2.24) is 10.2 Å². The van der Waals surface area contributed by atoms with Gasteiger partial charge in [0.05, 0.1) is 24.6 Å². The number of benzene rings is 1. The van der Waals surface area contributed by atoms with Crippen LogP contribution >= 0.6 is 0 Å². The lowest BCUT2D eigenvalue weighted by Crippen LogP contribution is -2.08. The molecule has 82 valence electrons. The molecule has 16 heavy (non-hydrogen) atoms. The molecule has 1 aliphatic rings. The van der Waals surface area contributed by atoms with Gasteiger partial charge in [-0.2, -0.15) is 5.10 Å². The summed E-state index contributed by atoms with van der Waals surface area (Å²) in [4.78, 5) is 0. The van der Waals surface area contributed by atoms with E-state index >= 15 is 0 Å². The fourth-order valence-corrected chi connectivity index (χ4v) is 1.98. The van der Waals surface area contributed by atoms with Gasteiger partial charge in [0.1, 0.15) is 5.82 Å². The van der Waals surface area contributed by atoms with Crippen LogP contribution in [-0.4, -0.2) is 16.8 Å². The minimum absolute atomic E-state index is 0.225. The van der Waals surface area contributed by atoms with Gasteiger partial charge in [-0.15, -0.1) is 0 Å². The van der Waals surface area contributed by atoms with Gasteiger partial charge in [-0.1, -0.05) is 0 Å². The van der Waals surface area contributed by atoms with Gasteiger partial charge in [-0.3, -0.25) is 5.10 Å². The number of aromatic amines is 1. The van der Waals surface area contributed by atoms with Crippen LogP contribution in [0.5, 0.6) is 0 Å². The summed E-state index contributed by atoms with van der Waals surface area (Å²) in [6, 6.07) is 6.41. The number of hydrogen-bond acceptors (Lipinski definition) is 2. The number of nitrogens with one attached hydrogen (secondary N) is 1. The van der Waals surface area contributed by atoms with E-state index in [1.165, 1.54) is 17.7 Å². The molecule has 3 rings (SSSR count). The molecule has 0 amide bonds. The number of hydrogen-bond donors (Lipinski definition) is 1. The number of H-pyrrole nitrogens is 1. The molecule has 4 heteroatoms. The first-order chi connectivity index (χ1) is 7.84. The molecule has 3 nitrogen and oxygen atoms in total. The smallest absolute Gasteiger partial charge is 0.123 e. The van der Waals surface area contributed by atoms with E-state index in [0.717, 1.165) is 30.0 Å². The summed E-state index contributed by atoms with van der Waals surface area (Å²) in [5.74, 6) is -0.225. The van der Waals surface area contributed by atoms with Crippen molar-refractivity contribution in [3.8, 4) is 11.3 Å². The van der Waals surface area contributed by atoms with Crippen molar-refractivity contribution < 1.29 is 9.13 Å². The summed E-state index contributed by atoms with van der Waals surface area (Å²) in [5, 5.41) is 7.24. The minimum atomic E-state index is -0.225. The third kappa shape index (κ3) is 1.51. The van der Waals surface area contributed by atoms with E-state index in [0.29, 0.717) is 6.61 Å². The second-order valence-corrected chi connectivity index (χ2v) is 3.84. The van der Waals surface area contributed by atoms with E-state index in [-0.39, 0.29) is 5.82 Å². The van der Waals surface area contributed by atoms with E-state index in [1.54, 1.807) is 12.1 Å². The molecule has 0 fully saturated rings. The molecule has 0 saturated carbocycles. The predicted molar refractivity (Wildman–Crippen MR) is 57.3 cm³/mol. The monoisotopic (exact) mass is 218 g/mol. The summed E-state index contributed by atoms with van der Waals surface area (Å²) in [6.07, 6.45) is 0.860. The van der Waals surface area contributed by atoms with Gasteiger partial charge in [0.25, 0.3) is 0 Å². The van der Waals surface area contributed by atoms with Gasteiger partial charge in [0.2, 0.25) is 0 Å². The average molecular weight is 218 g/mol. The van der Waals surface area contributed by atoms with Crippen LogP contribution in [0.2, 0.25) is 0 Å². The fourth-order valence-electron chi connectivity index (χ4n) is 1.98. The van der Waals surface area contributed by atoms with Crippen molar-refractivity contribution in [2.75, 3.05) is 6.61 Å². The maximum atomic E-state index is 12.8. The Morgan fingerprint density at radius 3 is 2.88 bits per heavy atom. The van der Waals surface area contributed by atoms with E-state index in [2.05, 4.69) is 10.2 Å². The maximum Gasteiger partial charge on any atom is 0.123 e. The number of nitrogens with zero attached hydrogens (tertiary/aromatic N) is 1. The van der Waals surface area contributed by atoms with Crippen LogP contribution in [0.3, 0.4) is 0 Å². The zero-order valence-corrected chi connectivity index (χ0v) is 8.66. The Balaban J connectivity index is 2.06. The van der Waals surface area contributed by atoms with Gasteiger partial charge in [-0.25, -0.2) is 4.39 Å². The van der Waals surface area contributed by atoms with Crippen LogP contribution in [0.4, 0.5) is 4.39 Å². The Morgan fingerprint density at radius 1 is 1.25 bits per heavy atom. The molecule has 2 heterocycles. The Morgan fingerprint density at radius 2 is 2.06 bits per heavy atom. The molecule has 1 aromatic carbocycles. The molecule has 0 unspecified atom stereocenters. The van der Waals surface area contributed by atoms with Crippen molar-refractivity contribution in [2.24, 2.45) is 0 Å². The second-order valence-electron chi connectivity index (χ2n) is 3.84. The topological polar surface area (TPSA) is 37.9 Å². The van der Waals surface area contributed by atoms with Crippen molar-refractivity contribution in [3.63, 3.8) is 0 Å². The Hall–Kier alpha value is -1.68. The highest BCUT2D eigenvalue weighted by atomic mass is 19.1. The van der Waals surface area contributed by atoms with Gasteiger partial charge >= 0.3 is 0 Å². The molecule has 1 aromatic heterocycles. The Labute approximate surface area is 92.3 Å². The molecule has 0 radical (unpaired) electrons. The van der Waals surface area contributed by atoms with E-state index in [1.807, 2.05) is 0 Å². The summed E-state index contributed by atoms with van der Waals surface area (Å²) in [5.41, 5.74) is 4.09. The molecule has 0 aliphatic carbocycles. The van der Waals surface area contributed by atoms with E-state index in [9.17, 15) is 4.39 Å². The number of aromatic nitrogens is 2. The van der Waals surface area contributed by atoms with Crippen molar-refractivity contribution >= 4 is 0 Å². The standard InChI is InChI=1S/C12H11FN2O/c13-9-3-1-8(2-4-9)12-10-5-6-16-7-11(10)14-15-12/h1-4H,5-7H2,(H,14,15). The molecular formula is C12H11FN2O. The van der Waals surface area contributed by atoms with Crippen LogP contribution < -0.4 is 0 Å². The number of halogens is 1. The van der Waals surface area contributed by atoms with Crippen molar-refractivity contribution in [3.05, 3.63) is 41.3 Å². The first kappa shape index (κ1) is 9.54. The molecule has 0 atom stereocenters. The summed E-state index contributed by atoms with van der Waals surface area (Å²) >= 11 is 0. The molecule has 0 saturated heterocycles. The minimum Gasteiger partial charge on any atom is -0.375 e. The Kier molecular flexibility index (Phi) is 2.22. The van der Waals surface area contributed by atoms with Crippen LogP contribution in [0.25, 0.3) is 11.3 Å². The molecular weight excluding hydrogens is 207 g/mol. The third-order valence-corrected chi connectivity index (χ3v) is 2.81. The lowest BCUT2D eigenvalue weighted by molar-refractivity contribution is 0.108. The lowest BCUT2D eigenvalue weighted by atomic mass is 10.0. The molecule has 0 bridgehead atoms. The molecule has 1 N–H and O–H groups in total. The van der Waals surface area contributed by atoms with Crippen molar-refractivity contribution in [2.45, 2.75) is 13.0 Å². The van der Waals surface area contributed by atoms with Crippen LogP contribution in [-0.2, 0) is 17.8 Å². The van der Waals surface area contributed by atoms with E-state index in [4.69, 9.17) is 4.74 Å². The molecule has 0 spiro atoms. The van der Waals surface area contributed by atoms with Crippen molar-refractivity contribution in [1.29, 1.82) is 0 Å².